The molecule has 0 aromatic heterocycles. The standard InChI is InChI=1S/C24H32N2O2/c1-5-25(18(3)4)16-19-7-9-21(10-8-19)24(27)26-14-13-20-11-12-23(28-6-2)15-22(20)17-26/h7-12,15,18H,5-6,13-14,16-17H2,1-4H3. The van der Waals surface area contributed by atoms with Crippen LogP contribution in [0.3, 0.4) is 0 Å². The average Bonchev–Trinajstić information content (AvgIpc) is 2.71. The number of ether oxygens (including phenoxy) is 1. The van der Waals surface area contributed by atoms with E-state index < -0.39 is 0 Å². The number of amides is 1. The first-order valence-corrected chi connectivity index (χ1v) is 10.4. The summed E-state index contributed by atoms with van der Waals surface area (Å²) >= 11 is 0. The van der Waals surface area contributed by atoms with Gasteiger partial charge in [0.2, 0.25) is 0 Å². The first kappa shape index (κ1) is 20.4. The number of carbonyl (C=O) groups is 1. The van der Waals surface area contributed by atoms with E-state index >= 15 is 0 Å². The van der Waals surface area contributed by atoms with Gasteiger partial charge < -0.3 is 9.64 Å². The first-order chi connectivity index (χ1) is 13.5. The Morgan fingerprint density at radius 3 is 2.50 bits per heavy atom. The maximum atomic E-state index is 13.0. The van der Waals surface area contributed by atoms with Gasteiger partial charge in [-0.1, -0.05) is 25.1 Å². The predicted molar refractivity (Wildman–Crippen MR) is 114 cm³/mol. The lowest BCUT2D eigenvalue weighted by Gasteiger charge is -2.29. The third kappa shape index (κ3) is 4.74. The normalized spacial score (nSPS) is 13.7. The van der Waals surface area contributed by atoms with Gasteiger partial charge in [-0.25, -0.2) is 0 Å². The molecule has 0 radical (unpaired) electrons. The van der Waals surface area contributed by atoms with Crippen LogP contribution in [0.25, 0.3) is 0 Å². The Bertz CT molecular complexity index is 799. The molecule has 4 heteroatoms. The van der Waals surface area contributed by atoms with Gasteiger partial charge in [-0.05, 0) is 74.7 Å². The van der Waals surface area contributed by atoms with E-state index in [0.29, 0.717) is 19.2 Å². The van der Waals surface area contributed by atoms with E-state index in [1.54, 1.807) is 0 Å². The van der Waals surface area contributed by atoms with Gasteiger partial charge in [0.1, 0.15) is 5.75 Å². The fourth-order valence-electron chi connectivity index (χ4n) is 3.79. The molecule has 0 atom stereocenters. The van der Waals surface area contributed by atoms with E-state index in [4.69, 9.17) is 4.74 Å². The second kappa shape index (κ2) is 9.24. The monoisotopic (exact) mass is 380 g/mol. The molecular weight excluding hydrogens is 348 g/mol. The molecule has 1 aliphatic heterocycles. The molecule has 0 bridgehead atoms. The highest BCUT2D eigenvalue weighted by Crippen LogP contribution is 2.25. The van der Waals surface area contributed by atoms with Crippen molar-refractivity contribution in [3.63, 3.8) is 0 Å². The summed E-state index contributed by atoms with van der Waals surface area (Å²) in [5, 5.41) is 0. The van der Waals surface area contributed by atoms with Crippen LogP contribution in [0.1, 0.15) is 54.7 Å². The zero-order valence-electron chi connectivity index (χ0n) is 17.6. The Labute approximate surface area is 169 Å². The summed E-state index contributed by atoms with van der Waals surface area (Å²) in [6.07, 6.45) is 0.894. The van der Waals surface area contributed by atoms with E-state index in [-0.39, 0.29) is 5.91 Å². The maximum absolute atomic E-state index is 13.0. The van der Waals surface area contributed by atoms with Crippen LogP contribution in [0.15, 0.2) is 42.5 Å². The van der Waals surface area contributed by atoms with Crippen LogP contribution in [0.2, 0.25) is 0 Å². The number of nitrogens with zero attached hydrogens (tertiary/aromatic N) is 2. The molecule has 150 valence electrons. The van der Waals surface area contributed by atoms with Gasteiger partial charge in [-0.15, -0.1) is 0 Å². The van der Waals surface area contributed by atoms with Gasteiger partial charge in [0.15, 0.2) is 0 Å². The number of carbonyl (C=O) groups excluding carboxylic acids is 1. The number of rotatable bonds is 7. The Hall–Kier alpha value is -2.33. The molecule has 4 nitrogen and oxygen atoms in total. The largest absolute Gasteiger partial charge is 0.494 e. The second-order valence-electron chi connectivity index (χ2n) is 7.69. The minimum absolute atomic E-state index is 0.107. The van der Waals surface area contributed by atoms with Crippen LogP contribution in [0, 0.1) is 0 Å². The second-order valence-corrected chi connectivity index (χ2v) is 7.69. The minimum Gasteiger partial charge on any atom is -0.494 e. The van der Waals surface area contributed by atoms with E-state index in [2.05, 4.69) is 49.9 Å². The molecule has 0 saturated carbocycles. The molecule has 2 aromatic rings. The molecule has 1 heterocycles. The van der Waals surface area contributed by atoms with Crippen molar-refractivity contribution < 1.29 is 9.53 Å². The van der Waals surface area contributed by atoms with Crippen molar-refractivity contribution in [2.24, 2.45) is 0 Å². The quantitative estimate of drug-likeness (QED) is 0.708. The van der Waals surface area contributed by atoms with Crippen LogP contribution < -0.4 is 4.74 Å². The topological polar surface area (TPSA) is 32.8 Å². The van der Waals surface area contributed by atoms with Gasteiger partial charge in [-0.3, -0.25) is 9.69 Å². The van der Waals surface area contributed by atoms with Crippen LogP contribution in [-0.2, 0) is 19.5 Å². The molecule has 0 unspecified atom stereocenters. The van der Waals surface area contributed by atoms with E-state index in [0.717, 1.165) is 37.4 Å². The SMILES string of the molecule is CCOc1ccc2c(c1)CN(C(=O)c1ccc(CN(CC)C(C)C)cc1)CC2. The van der Waals surface area contributed by atoms with Gasteiger partial charge in [0.25, 0.3) is 5.91 Å². The molecule has 3 rings (SSSR count). The number of fused-ring (bicyclic) bond motifs is 1. The van der Waals surface area contributed by atoms with Crippen molar-refractivity contribution in [2.45, 2.75) is 53.2 Å². The van der Waals surface area contributed by atoms with E-state index in [1.165, 1.54) is 16.7 Å². The minimum atomic E-state index is 0.107. The lowest BCUT2D eigenvalue weighted by Crippen LogP contribution is -2.36. The molecule has 0 N–H and O–H groups in total. The average molecular weight is 381 g/mol. The van der Waals surface area contributed by atoms with E-state index in [9.17, 15) is 4.79 Å². The summed E-state index contributed by atoms with van der Waals surface area (Å²) < 4.78 is 5.62. The van der Waals surface area contributed by atoms with Gasteiger partial charge in [-0.2, -0.15) is 0 Å². The molecule has 0 saturated heterocycles. The molecule has 0 spiro atoms. The zero-order valence-corrected chi connectivity index (χ0v) is 17.6. The summed E-state index contributed by atoms with van der Waals surface area (Å²) in [4.78, 5) is 17.4. The summed E-state index contributed by atoms with van der Waals surface area (Å²) in [6, 6.07) is 14.9. The van der Waals surface area contributed by atoms with Gasteiger partial charge in [0, 0.05) is 31.2 Å². The third-order valence-corrected chi connectivity index (χ3v) is 5.51. The molecule has 0 aliphatic carbocycles. The zero-order chi connectivity index (χ0) is 20.1. The summed E-state index contributed by atoms with van der Waals surface area (Å²) in [5.41, 5.74) is 4.52. The maximum Gasteiger partial charge on any atom is 0.254 e. The van der Waals surface area contributed by atoms with Gasteiger partial charge >= 0.3 is 0 Å². The summed E-state index contributed by atoms with van der Waals surface area (Å²) in [7, 11) is 0. The fourth-order valence-corrected chi connectivity index (χ4v) is 3.79. The predicted octanol–water partition coefficient (Wildman–Crippen LogP) is 4.51. The van der Waals surface area contributed by atoms with Crippen molar-refractivity contribution in [1.82, 2.24) is 9.80 Å². The third-order valence-electron chi connectivity index (χ3n) is 5.51. The Balaban J connectivity index is 1.68. The van der Waals surface area contributed by atoms with Crippen molar-refractivity contribution in [3.8, 4) is 5.75 Å². The lowest BCUT2D eigenvalue weighted by atomic mass is 9.98. The first-order valence-electron chi connectivity index (χ1n) is 10.4. The molecular formula is C24H32N2O2. The van der Waals surface area contributed by atoms with Crippen molar-refractivity contribution in [1.29, 1.82) is 0 Å². The Kier molecular flexibility index (Phi) is 6.74. The highest BCUT2D eigenvalue weighted by Gasteiger charge is 2.22. The number of benzene rings is 2. The molecule has 1 aliphatic rings. The Morgan fingerprint density at radius 2 is 1.86 bits per heavy atom. The van der Waals surface area contributed by atoms with Crippen molar-refractivity contribution in [2.75, 3.05) is 19.7 Å². The van der Waals surface area contributed by atoms with Crippen LogP contribution in [0.5, 0.6) is 5.75 Å². The number of hydrogen-bond donors (Lipinski definition) is 0. The van der Waals surface area contributed by atoms with Gasteiger partial charge in [0.05, 0.1) is 6.61 Å². The Morgan fingerprint density at radius 1 is 1.11 bits per heavy atom. The molecule has 1 amide bonds. The van der Waals surface area contributed by atoms with Crippen LogP contribution >= 0.6 is 0 Å². The molecule has 28 heavy (non-hydrogen) atoms. The summed E-state index contributed by atoms with van der Waals surface area (Å²) in [5.74, 6) is 0.987. The van der Waals surface area contributed by atoms with Crippen molar-refractivity contribution in [3.05, 3.63) is 64.7 Å². The summed E-state index contributed by atoms with van der Waals surface area (Å²) in [6.45, 7) is 12.6. The smallest absolute Gasteiger partial charge is 0.254 e. The lowest BCUT2D eigenvalue weighted by molar-refractivity contribution is 0.0734. The van der Waals surface area contributed by atoms with Crippen LogP contribution in [-0.4, -0.2) is 41.4 Å². The molecule has 2 aromatic carbocycles. The highest BCUT2D eigenvalue weighted by molar-refractivity contribution is 5.94. The van der Waals surface area contributed by atoms with Crippen molar-refractivity contribution >= 4 is 5.91 Å². The fraction of sp³-hybridized carbons (Fsp3) is 0.458. The highest BCUT2D eigenvalue weighted by atomic mass is 16.5. The van der Waals surface area contributed by atoms with E-state index in [1.807, 2.05) is 30.0 Å². The number of hydrogen-bond acceptors (Lipinski definition) is 3. The molecule has 0 fully saturated rings. The van der Waals surface area contributed by atoms with Crippen LogP contribution in [0.4, 0.5) is 0 Å².